The second-order valence-corrected chi connectivity index (χ2v) is 3.63. The summed E-state index contributed by atoms with van der Waals surface area (Å²) in [6.07, 6.45) is 5.40. The van der Waals surface area contributed by atoms with Crippen molar-refractivity contribution in [2.45, 2.75) is 0 Å². The van der Waals surface area contributed by atoms with Crippen molar-refractivity contribution >= 4 is 11.1 Å². The normalized spacial score (nSPS) is 10.8. The summed E-state index contributed by atoms with van der Waals surface area (Å²) in [5.41, 5.74) is 2.54. The smallest absolute Gasteiger partial charge is 0.285 e. The Bertz CT molecular complexity index is 612. The Morgan fingerprint density at radius 2 is 2.12 bits per heavy atom. The number of rotatable bonds is 1. The van der Waals surface area contributed by atoms with E-state index in [4.69, 9.17) is 4.42 Å². The molecule has 0 amide bonds. The lowest BCUT2D eigenvalue weighted by Gasteiger charge is -1.90. The molecular weight excluding hydrogens is 202 g/mol. The van der Waals surface area contributed by atoms with Gasteiger partial charge in [-0.2, -0.15) is 0 Å². The summed E-state index contributed by atoms with van der Waals surface area (Å²) in [4.78, 5) is 8.50. The molecule has 0 unspecified atom stereocenters. The average molecular weight is 212 g/mol. The van der Waals surface area contributed by atoms with Crippen LogP contribution in [0.5, 0.6) is 0 Å². The molecule has 78 valence electrons. The number of aromatic nitrogens is 3. The summed E-state index contributed by atoms with van der Waals surface area (Å²) >= 11 is 0. The Morgan fingerprint density at radius 3 is 2.94 bits per heavy atom. The Labute approximate surface area is 92.2 Å². The van der Waals surface area contributed by atoms with Gasteiger partial charge in [-0.05, 0) is 12.1 Å². The van der Waals surface area contributed by atoms with Crippen molar-refractivity contribution in [3.8, 4) is 11.5 Å². The zero-order valence-corrected chi connectivity index (χ0v) is 8.79. The van der Waals surface area contributed by atoms with Crippen molar-refractivity contribution in [3.05, 3.63) is 43.0 Å². The van der Waals surface area contributed by atoms with Crippen LogP contribution < -0.4 is 4.57 Å². The molecule has 0 aliphatic carbocycles. The van der Waals surface area contributed by atoms with Gasteiger partial charge in [0, 0.05) is 0 Å². The molecule has 0 radical (unpaired) electrons. The first kappa shape index (κ1) is 9.03. The van der Waals surface area contributed by atoms with Gasteiger partial charge in [0.25, 0.3) is 6.33 Å². The fourth-order valence-electron chi connectivity index (χ4n) is 1.61. The van der Waals surface area contributed by atoms with E-state index in [0.29, 0.717) is 5.89 Å². The van der Waals surface area contributed by atoms with E-state index in [1.807, 2.05) is 42.1 Å². The molecule has 4 heteroatoms. The fraction of sp³-hybridized carbons (Fsp3) is 0.0833. The molecule has 2 heterocycles. The third-order valence-corrected chi connectivity index (χ3v) is 2.35. The zero-order chi connectivity index (χ0) is 11.0. The van der Waals surface area contributed by atoms with Crippen LogP contribution in [-0.2, 0) is 7.05 Å². The highest BCUT2D eigenvalue weighted by molar-refractivity contribution is 5.75. The van der Waals surface area contributed by atoms with E-state index in [2.05, 4.69) is 9.97 Å². The highest BCUT2D eigenvalue weighted by Crippen LogP contribution is 2.22. The van der Waals surface area contributed by atoms with Crippen LogP contribution in [0.2, 0.25) is 0 Å². The van der Waals surface area contributed by atoms with Crippen molar-refractivity contribution in [1.29, 1.82) is 0 Å². The van der Waals surface area contributed by atoms with E-state index in [1.54, 1.807) is 12.5 Å². The molecule has 3 rings (SSSR count). The number of oxazole rings is 1. The molecule has 0 aliphatic heterocycles. The lowest BCUT2D eigenvalue weighted by atomic mass is 10.3. The lowest BCUT2D eigenvalue weighted by Crippen LogP contribution is -2.27. The Kier molecular flexibility index (Phi) is 1.93. The average Bonchev–Trinajstić information content (AvgIpc) is 2.72. The number of hydrogen-bond donors (Lipinski definition) is 0. The van der Waals surface area contributed by atoms with Gasteiger partial charge in [-0.1, -0.05) is 17.1 Å². The summed E-state index contributed by atoms with van der Waals surface area (Å²) < 4.78 is 7.51. The maximum atomic E-state index is 5.64. The SMILES string of the molecule is C[n+]1cncc(-c2nc3ccccc3o2)c1. The predicted molar refractivity (Wildman–Crippen MR) is 58.4 cm³/mol. The van der Waals surface area contributed by atoms with Crippen molar-refractivity contribution in [2.24, 2.45) is 7.05 Å². The lowest BCUT2D eigenvalue weighted by molar-refractivity contribution is -0.674. The Hall–Kier alpha value is -2.23. The van der Waals surface area contributed by atoms with E-state index < -0.39 is 0 Å². The molecule has 0 aliphatic rings. The van der Waals surface area contributed by atoms with Gasteiger partial charge in [0.1, 0.15) is 17.3 Å². The molecule has 16 heavy (non-hydrogen) atoms. The molecule has 2 aromatic heterocycles. The summed E-state index contributed by atoms with van der Waals surface area (Å²) in [7, 11) is 1.92. The van der Waals surface area contributed by atoms with Gasteiger partial charge in [-0.15, -0.1) is 0 Å². The highest BCUT2D eigenvalue weighted by atomic mass is 16.3. The van der Waals surface area contributed by atoms with Gasteiger partial charge < -0.3 is 4.42 Å². The second-order valence-electron chi connectivity index (χ2n) is 3.63. The summed E-state index contributed by atoms with van der Waals surface area (Å²) in [6.45, 7) is 0. The maximum absolute atomic E-state index is 5.64. The van der Waals surface area contributed by atoms with E-state index in [-0.39, 0.29) is 0 Å². The van der Waals surface area contributed by atoms with E-state index in [9.17, 15) is 0 Å². The predicted octanol–water partition coefficient (Wildman–Crippen LogP) is 1.71. The minimum Gasteiger partial charge on any atom is -0.436 e. The van der Waals surface area contributed by atoms with Gasteiger partial charge in [0.05, 0.1) is 7.05 Å². The first-order chi connectivity index (χ1) is 7.83. The van der Waals surface area contributed by atoms with Gasteiger partial charge >= 0.3 is 0 Å². The monoisotopic (exact) mass is 212 g/mol. The number of benzene rings is 1. The topological polar surface area (TPSA) is 42.8 Å². The minimum atomic E-state index is 0.602. The fourth-order valence-corrected chi connectivity index (χ4v) is 1.61. The van der Waals surface area contributed by atoms with E-state index in [0.717, 1.165) is 16.7 Å². The summed E-state index contributed by atoms with van der Waals surface area (Å²) in [5, 5.41) is 0. The van der Waals surface area contributed by atoms with Gasteiger partial charge in [-0.25, -0.2) is 9.55 Å². The molecule has 0 atom stereocenters. The van der Waals surface area contributed by atoms with Crippen LogP contribution in [0.15, 0.2) is 47.4 Å². The number of fused-ring (bicyclic) bond motifs is 1. The highest BCUT2D eigenvalue weighted by Gasteiger charge is 2.10. The number of aryl methyl sites for hydroxylation is 1. The Morgan fingerprint density at radius 1 is 1.25 bits per heavy atom. The van der Waals surface area contributed by atoms with E-state index in [1.165, 1.54) is 0 Å². The van der Waals surface area contributed by atoms with Crippen molar-refractivity contribution in [3.63, 3.8) is 0 Å². The van der Waals surface area contributed by atoms with E-state index >= 15 is 0 Å². The summed E-state index contributed by atoms with van der Waals surface area (Å²) in [6, 6.07) is 7.71. The third kappa shape index (κ3) is 1.44. The first-order valence-corrected chi connectivity index (χ1v) is 4.99. The molecule has 0 spiro atoms. The molecule has 0 saturated carbocycles. The van der Waals surface area contributed by atoms with Crippen LogP contribution in [0, 0.1) is 0 Å². The summed E-state index contributed by atoms with van der Waals surface area (Å²) in [5.74, 6) is 0.602. The van der Waals surface area contributed by atoms with Crippen molar-refractivity contribution in [1.82, 2.24) is 9.97 Å². The zero-order valence-electron chi connectivity index (χ0n) is 8.79. The first-order valence-electron chi connectivity index (χ1n) is 4.99. The van der Waals surface area contributed by atoms with Crippen LogP contribution in [-0.4, -0.2) is 9.97 Å². The molecule has 0 fully saturated rings. The molecule has 4 nitrogen and oxygen atoms in total. The molecule has 3 aromatic rings. The molecule has 0 N–H and O–H groups in total. The minimum absolute atomic E-state index is 0.602. The standard InChI is InChI=1S/C12H10N3O/c1-15-7-9(6-13-8-15)12-14-10-4-2-3-5-11(10)16-12/h2-8H,1H3/q+1. The third-order valence-electron chi connectivity index (χ3n) is 2.35. The van der Waals surface area contributed by atoms with Gasteiger partial charge in [0.2, 0.25) is 5.89 Å². The van der Waals surface area contributed by atoms with Crippen LogP contribution in [0.1, 0.15) is 0 Å². The molecular formula is C12H10N3O+. The molecule has 0 saturated heterocycles. The van der Waals surface area contributed by atoms with Crippen LogP contribution >= 0.6 is 0 Å². The van der Waals surface area contributed by atoms with Gasteiger partial charge in [-0.3, -0.25) is 0 Å². The maximum Gasteiger partial charge on any atom is 0.285 e. The largest absolute Gasteiger partial charge is 0.436 e. The van der Waals surface area contributed by atoms with Crippen LogP contribution in [0.25, 0.3) is 22.6 Å². The Balaban J connectivity index is 2.19. The van der Waals surface area contributed by atoms with Crippen molar-refractivity contribution in [2.75, 3.05) is 0 Å². The van der Waals surface area contributed by atoms with Gasteiger partial charge in [0.15, 0.2) is 11.8 Å². The second kappa shape index (κ2) is 3.41. The number of hydrogen-bond acceptors (Lipinski definition) is 3. The number of para-hydroxylation sites is 2. The van der Waals surface area contributed by atoms with Crippen molar-refractivity contribution < 1.29 is 8.98 Å². The quantitative estimate of drug-likeness (QED) is 0.577. The number of nitrogens with zero attached hydrogens (tertiary/aromatic N) is 3. The molecule has 0 bridgehead atoms. The molecule has 1 aromatic carbocycles. The van der Waals surface area contributed by atoms with Crippen LogP contribution in [0.3, 0.4) is 0 Å². The van der Waals surface area contributed by atoms with Crippen LogP contribution in [0.4, 0.5) is 0 Å².